The van der Waals surface area contributed by atoms with Crippen LogP contribution in [0.15, 0.2) is 60.8 Å². The van der Waals surface area contributed by atoms with Crippen molar-refractivity contribution in [1.82, 2.24) is 0 Å². The van der Waals surface area contributed by atoms with E-state index in [2.05, 4.69) is 81.5 Å². The topological polar surface area (TPSA) is 78.9 Å². The smallest absolute Gasteiger partial charge is 0.306 e. The molecule has 0 spiro atoms. The van der Waals surface area contributed by atoms with Gasteiger partial charge in [0.1, 0.15) is 13.2 Å². The quantitative estimate of drug-likeness (QED) is 0.0262. The van der Waals surface area contributed by atoms with Crippen molar-refractivity contribution in [3.05, 3.63) is 60.8 Å². The van der Waals surface area contributed by atoms with Gasteiger partial charge < -0.3 is 14.2 Å². The van der Waals surface area contributed by atoms with Crippen LogP contribution in [0.2, 0.25) is 0 Å². The number of ether oxygens (including phenoxy) is 3. The van der Waals surface area contributed by atoms with Gasteiger partial charge in [-0.15, -0.1) is 0 Å². The highest BCUT2D eigenvalue weighted by Crippen LogP contribution is 2.15. The number of carbonyl (C=O) groups excluding carboxylic acids is 3. The standard InChI is InChI=1S/C59H104O6/c1-4-7-10-13-16-19-22-25-28-29-32-35-38-41-44-47-50-53-59(62)65-56(54-63-57(60)51-48-45-42-39-36-33-30-26-23-20-17-14-11-8-5-2)55-64-58(61)52-49-46-43-40-37-34-31-27-24-21-18-15-12-9-6-3/h16-17,19-20,25-26,28,30,32,35,56H,4-15,18,21-24,27,29,31,33-34,36-55H2,1-3H3/b19-16-,20-17-,28-25-,30-26-,35-32-/t56-/m1/s1. The highest BCUT2D eigenvalue weighted by Gasteiger charge is 2.19. The summed E-state index contributed by atoms with van der Waals surface area (Å²) in [5.41, 5.74) is 0. The van der Waals surface area contributed by atoms with Gasteiger partial charge >= 0.3 is 17.9 Å². The van der Waals surface area contributed by atoms with E-state index >= 15 is 0 Å². The predicted octanol–water partition coefficient (Wildman–Crippen LogP) is 18.4. The minimum absolute atomic E-state index is 0.0858. The van der Waals surface area contributed by atoms with Gasteiger partial charge in [0.2, 0.25) is 0 Å². The van der Waals surface area contributed by atoms with Crippen LogP contribution in [0.4, 0.5) is 0 Å². The van der Waals surface area contributed by atoms with Gasteiger partial charge in [0, 0.05) is 19.3 Å². The first kappa shape index (κ1) is 62.1. The van der Waals surface area contributed by atoms with Crippen LogP contribution in [0, 0.1) is 0 Å². The van der Waals surface area contributed by atoms with Crippen molar-refractivity contribution >= 4 is 17.9 Å². The van der Waals surface area contributed by atoms with Crippen LogP contribution in [-0.4, -0.2) is 37.2 Å². The maximum Gasteiger partial charge on any atom is 0.306 e. The van der Waals surface area contributed by atoms with Crippen molar-refractivity contribution in [2.45, 2.75) is 284 Å². The molecule has 1 atom stereocenters. The van der Waals surface area contributed by atoms with Crippen molar-refractivity contribution in [2.24, 2.45) is 0 Å². The van der Waals surface area contributed by atoms with E-state index in [0.29, 0.717) is 19.3 Å². The van der Waals surface area contributed by atoms with Crippen LogP contribution in [0.1, 0.15) is 278 Å². The zero-order valence-corrected chi connectivity index (χ0v) is 43.0. The lowest BCUT2D eigenvalue weighted by molar-refractivity contribution is -0.167. The first-order valence-corrected chi connectivity index (χ1v) is 27.8. The minimum atomic E-state index is -0.790. The molecule has 0 heterocycles. The number of unbranched alkanes of at least 4 members (excludes halogenated alkanes) is 29. The Morgan fingerprint density at radius 3 is 0.892 bits per heavy atom. The number of rotatable bonds is 50. The summed E-state index contributed by atoms with van der Waals surface area (Å²) in [7, 11) is 0. The monoisotopic (exact) mass is 909 g/mol. The number of allylic oxidation sites excluding steroid dienone is 10. The van der Waals surface area contributed by atoms with Crippen LogP contribution >= 0.6 is 0 Å². The third-order valence-corrected chi connectivity index (χ3v) is 12.0. The molecule has 0 saturated heterocycles. The van der Waals surface area contributed by atoms with E-state index < -0.39 is 6.10 Å². The largest absolute Gasteiger partial charge is 0.462 e. The van der Waals surface area contributed by atoms with Crippen LogP contribution in [0.3, 0.4) is 0 Å². The highest BCUT2D eigenvalue weighted by atomic mass is 16.6. The van der Waals surface area contributed by atoms with Crippen molar-refractivity contribution in [3.63, 3.8) is 0 Å². The van der Waals surface area contributed by atoms with Crippen molar-refractivity contribution in [1.29, 1.82) is 0 Å². The summed E-state index contributed by atoms with van der Waals surface area (Å²) in [6, 6.07) is 0. The van der Waals surface area contributed by atoms with Gasteiger partial charge in [-0.25, -0.2) is 0 Å². The van der Waals surface area contributed by atoms with Gasteiger partial charge in [0.25, 0.3) is 0 Å². The molecule has 0 fully saturated rings. The number of esters is 3. The summed E-state index contributed by atoms with van der Waals surface area (Å²) in [5.74, 6) is -0.912. The number of hydrogen-bond acceptors (Lipinski definition) is 6. The molecule has 0 aromatic rings. The van der Waals surface area contributed by atoms with E-state index in [1.54, 1.807) is 0 Å². The Morgan fingerprint density at radius 2 is 0.554 bits per heavy atom. The Kier molecular flexibility index (Phi) is 51.3. The van der Waals surface area contributed by atoms with Gasteiger partial charge in [0.05, 0.1) is 0 Å². The van der Waals surface area contributed by atoms with Crippen LogP contribution in [0.25, 0.3) is 0 Å². The fourth-order valence-corrected chi connectivity index (χ4v) is 7.77. The molecule has 6 heteroatoms. The summed E-state index contributed by atoms with van der Waals surface area (Å²) < 4.78 is 16.8. The van der Waals surface area contributed by atoms with Crippen molar-refractivity contribution in [3.8, 4) is 0 Å². The Balaban J connectivity index is 4.43. The summed E-state index contributed by atoms with van der Waals surface area (Å²) >= 11 is 0. The van der Waals surface area contributed by atoms with E-state index in [4.69, 9.17) is 14.2 Å². The predicted molar refractivity (Wildman–Crippen MR) is 279 cm³/mol. The third kappa shape index (κ3) is 51.9. The van der Waals surface area contributed by atoms with Gasteiger partial charge in [-0.2, -0.15) is 0 Å². The summed E-state index contributed by atoms with van der Waals surface area (Å²) in [6.07, 6.45) is 66.3. The molecule has 0 aliphatic carbocycles. The average Bonchev–Trinajstić information content (AvgIpc) is 3.30. The number of hydrogen-bond donors (Lipinski definition) is 0. The molecule has 376 valence electrons. The molecule has 0 amide bonds. The molecule has 6 nitrogen and oxygen atoms in total. The van der Waals surface area contributed by atoms with Crippen molar-refractivity contribution < 1.29 is 28.6 Å². The van der Waals surface area contributed by atoms with Gasteiger partial charge in [0.15, 0.2) is 6.10 Å². The summed E-state index contributed by atoms with van der Waals surface area (Å²) in [6.45, 7) is 6.58. The molecule has 65 heavy (non-hydrogen) atoms. The van der Waals surface area contributed by atoms with Gasteiger partial charge in [-0.1, -0.05) is 229 Å². The Morgan fingerprint density at radius 1 is 0.308 bits per heavy atom. The normalized spacial score (nSPS) is 12.5. The fraction of sp³-hybridized carbons (Fsp3) is 0.780. The van der Waals surface area contributed by atoms with E-state index in [0.717, 1.165) is 103 Å². The van der Waals surface area contributed by atoms with Gasteiger partial charge in [-0.3, -0.25) is 14.4 Å². The maximum absolute atomic E-state index is 12.8. The molecule has 0 aliphatic rings. The van der Waals surface area contributed by atoms with E-state index in [1.807, 2.05) is 0 Å². The zero-order valence-electron chi connectivity index (χ0n) is 43.0. The van der Waals surface area contributed by atoms with Crippen LogP contribution in [-0.2, 0) is 28.6 Å². The van der Waals surface area contributed by atoms with E-state index in [-0.39, 0.29) is 31.1 Å². The SMILES string of the molecule is CCCCC/C=C\C/C=C\C/C=C\CCCCCCC(=O)O[C@H](COC(=O)CCCCCCC/C=C\C/C=C\CCCCC)COC(=O)CCCCCCCCCCCCCCCCC. The second-order valence-corrected chi connectivity index (χ2v) is 18.5. The lowest BCUT2D eigenvalue weighted by Gasteiger charge is -2.18. The number of carbonyl (C=O) groups is 3. The molecule has 0 saturated carbocycles. The second kappa shape index (κ2) is 53.7. The first-order valence-electron chi connectivity index (χ1n) is 27.8. The Labute approximate surface area is 402 Å². The van der Waals surface area contributed by atoms with Crippen LogP contribution < -0.4 is 0 Å². The molecular weight excluding hydrogens is 805 g/mol. The molecule has 0 aliphatic heterocycles. The molecule has 0 aromatic carbocycles. The molecule has 0 N–H and O–H groups in total. The first-order chi connectivity index (χ1) is 32.0. The molecule has 0 rings (SSSR count). The second-order valence-electron chi connectivity index (χ2n) is 18.5. The average molecular weight is 909 g/mol. The van der Waals surface area contributed by atoms with E-state index in [9.17, 15) is 14.4 Å². The lowest BCUT2D eigenvalue weighted by Crippen LogP contribution is -2.30. The molecule has 0 bridgehead atoms. The Bertz CT molecular complexity index is 1180. The maximum atomic E-state index is 12.8. The molecular formula is C59H104O6. The van der Waals surface area contributed by atoms with Crippen molar-refractivity contribution in [2.75, 3.05) is 13.2 Å². The minimum Gasteiger partial charge on any atom is -0.462 e. The zero-order chi connectivity index (χ0) is 47.2. The Hall–Kier alpha value is -2.89. The molecule has 0 aromatic heterocycles. The fourth-order valence-electron chi connectivity index (χ4n) is 7.77. The molecule has 0 radical (unpaired) electrons. The summed E-state index contributed by atoms with van der Waals surface area (Å²) in [4.78, 5) is 38.1. The van der Waals surface area contributed by atoms with Crippen LogP contribution in [0.5, 0.6) is 0 Å². The molecule has 0 unspecified atom stereocenters. The van der Waals surface area contributed by atoms with E-state index in [1.165, 1.54) is 135 Å². The third-order valence-electron chi connectivity index (χ3n) is 12.0. The lowest BCUT2D eigenvalue weighted by atomic mass is 10.0. The van der Waals surface area contributed by atoms with Gasteiger partial charge in [-0.05, 0) is 89.9 Å². The highest BCUT2D eigenvalue weighted by molar-refractivity contribution is 5.71. The summed E-state index contributed by atoms with van der Waals surface area (Å²) in [5, 5.41) is 0.